The standard InChI is InChI=1S/C22H25Cl2IN2O4/c23-14-1-7-17(8-2-14)30-12-21(28)26-15-3-5-16(6-4-15)27-22(29)13-31-18-9-10-19(24)20(25)11-18/h1-2,7-11,15-16,21,26,28H,3-6,12-13H2,(H,27,29). The molecule has 2 aromatic carbocycles. The van der Waals surface area contributed by atoms with Crippen molar-refractivity contribution in [3.63, 3.8) is 0 Å². The highest BCUT2D eigenvalue weighted by Gasteiger charge is 2.24. The van der Waals surface area contributed by atoms with Gasteiger partial charge in [-0.1, -0.05) is 23.2 Å². The fraction of sp³-hybridized carbons (Fsp3) is 0.409. The minimum Gasteiger partial charge on any atom is -0.489 e. The number of nitrogens with one attached hydrogen (secondary N) is 2. The van der Waals surface area contributed by atoms with Crippen molar-refractivity contribution in [2.45, 2.75) is 44.0 Å². The summed E-state index contributed by atoms with van der Waals surface area (Å²) in [6.45, 7) is 0.121. The van der Waals surface area contributed by atoms with Crippen LogP contribution in [0.1, 0.15) is 25.7 Å². The van der Waals surface area contributed by atoms with Gasteiger partial charge in [-0.25, -0.2) is 0 Å². The largest absolute Gasteiger partial charge is 0.489 e. The van der Waals surface area contributed by atoms with Crippen LogP contribution in [0.15, 0.2) is 42.5 Å². The van der Waals surface area contributed by atoms with Crippen molar-refractivity contribution < 1.29 is 19.4 Å². The molecule has 3 rings (SSSR count). The van der Waals surface area contributed by atoms with Crippen molar-refractivity contribution in [3.05, 3.63) is 56.1 Å². The molecular formula is C22H25Cl2IN2O4. The van der Waals surface area contributed by atoms with E-state index in [0.29, 0.717) is 21.5 Å². The van der Waals surface area contributed by atoms with E-state index in [-0.39, 0.29) is 31.2 Å². The first-order valence-electron chi connectivity index (χ1n) is 10.1. The van der Waals surface area contributed by atoms with Crippen LogP contribution < -0.4 is 20.1 Å². The maximum absolute atomic E-state index is 12.2. The highest BCUT2D eigenvalue weighted by molar-refractivity contribution is 14.1. The van der Waals surface area contributed by atoms with Gasteiger partial charge >= 0.3 is 0 Å². The summed E-state index contributed by atoms with van der Waals surface area (Å²) in [6, 6.07) is 12.6. The van der Waals surface area contributed by atoms with Gasteiger partial charge in [0.15, 0.2) is 6.61 Å². The lowest BCUT2D eigenvalue weighted by Gasteiger charge is -2.31. The summed E-state index contributed by atoms with van der Waals surface area (Å²) < 4.78 is 12.0. The van der Waals surface area contributed by atoms with Gasteiger partial charge in [-0.15, -0.1) is 0 Å². The Balaban J connectivity index is 1.31. The van der Waals surface area contributed by atoms with E-state index in [2.05, 4.69) is 33.2 Å². The lowest BCUT2D eigenvalue weighted by Crippen LogP contribution is -2.47. The number of ether oxygens (including phenoxy) is 2. The molecule has 0 radical (unpaired) electrons. The Hall–Kier alpha value is -1.26. The molecule has 0 bridgehead atoms. The van der Waals surface area contributed by atoms with E-state index in [0.717, 1.165) is 29.3 Å². The summed E-state index contributed by atoms with van der Waals surface area (Å²) in [5, 5.41) is 17.7. The molecule has 31 heavy (non-hydrogen) atoms. The van der Waals surface area contributed by atoms with E-state index in [9.17, 15) is 9.90 Å². The summed E-state index contributed by atoms with van der Waals surface area (Å²) in [6.07, 6.45) is 2.64. The van der Waals surface area contributed by atoms with Gasteiger partial charge in [0.05, 0.1) is 5.02 Å². The SMILES string of the molecule is O=C(COc1ccc(Cl)c(I)c1)NC1CCC(NC(O)COc2ccc(Cl)cc2)CC1. The number of hydrogen-bond donors (Lipinski definition) is 3. The maximum Gasteiger partial charge on any atom is 0.258 e. The van der Waals surface area contributed by atoms with E-state index < -0.39 is 6.23 Å². The second-order valence-corrected chi connectivity index (χ2v) is 9.43. The molecule has 168 valence electrons. The number of halogens is 3. The number of carbonyl (C=O) groups is 1. The first-order chi connectivity index (χ1) is 14.9. The van der Waals surface area contributed by atoms with Crippen molar-refractivity contribution in [1.29, 1.82) is 0 Å². The fourth-order valence-electron chi connectivity index (χ4n) is 3.42. The van der Waals surface area contributed by atoms with Gasteiger partial charge in [0, 0.05) is 20.7 Å². The smallest absolute Gasteiger partial charge is 0.258 e. The lowest BCUT2D eigenvalue weighted by molar-refractivity contribution is -0.124. The molecule has 9 heteroatoms. The number of hydrogen-bond acceptors (Lipinski definition) is 5. The third-order valence-corrected chi connectivity index (χ3v) is 6.80. The molecule has 1 saturated carbocycles. The number of benzene rings is 2. The summed E-state index contributed by atoms with van der Waals surface area (Å²) in [5.41, 5.74) is 0. The topological polar surface area (TPSA) is 79.8 Å². The first-order valence-corrected chi connectivity index (χ1v) is 11.9. The summed E-state index contributed by atoms with van der Waals surface area (Å²) in [7, 11) is 0. The van der Waals surface area contributed by atoms with Crippen molar-refractivity contribution in [1.82, 2.24) is 10.6 Å². The van der Waals surface area contributed by atoms with Crippen LogP contribution in [0, 0.1) is 3.57 Å². The lowest BCUT2D eigenvalue weighted by atomic mass is 9.91. The van der Waals surface area contributed by atoms with Gasteiger partial charge in [-0.05, 0) is 90.7 Å². The third-order valence-electron chi connectivity index (χ3n) is 5.00. The molecule has 1 unspecified atom stereocenters. The maximum atomic E-state index is 12.2. The monoisotopic (exact) mass is 578 g/mol. The second-order valence-electron chi connectivity index (χ2n) is 7.43. The Morgan fingerprint density at radius 1 is 1.03 bits per heavy atom. The van der Waals surface area contributed by atoms with Crippen molar-refractivity contribution in [2.24, 2.45) is 0 Å². The number of aliphatic hydroxyl groups excluding tert-OH is 1. The van der Waals surface area contributed by atoms with Crippen LogP contribution in [0.5, 0.6) is 11.5 Å². The van der Waals surface area contributed by atoms with Crippen LogP contribution in [0.3, 0.4) is 0 Å². The average molecular weight is 579 g/mol. The molecular weight excluding hydrogens is 554 g/mol. The summed E-state index contributed by atoms with van der Waals surface area (Å²) >= 11 is 14.0. The second kappa shape index (κ2) is 12.1. The normalized spacial score (nSPS) is 19.5. The van der Waals surface area contributed by atoms with E-state index in [1.54, 1.807) is 42.5 Å². The molecule has 2 aromatic rings. The first kappa shape index (κ1) is 24.4. The molecule has 1 amide bonds. The molecule has 0 heterocycles. The van der Waals surface area contributed by atoms with E-state index >= 15 is 0 Å². The molecule has 1 aliphatic carbocycles. The molecule has 1 aliphatic rings. The van der Waals surface area contributed by atoms with Crippen molar-refractivity contribution >= 4 is 51.7 Å². The highest BCUT2D eigenvalue weighted by atomic mass is 127. The Bertz CT molecular complexity index is 861. The number of amides is 1. The predicted molar refractivity (Wildman–Crippen MR) is 130 cm³/mol. The molecule has 3 N–H and O–H groups in total. The number of carbonyl (C=O) groups excluding carboxylic acids is 1. The Morgan fingerprint density at radius 3 is 2.35 bits per heavy atom. The van der Waals surface area contributed by atoms with Gasteiger partial charge in [-0.2, -0.15) is 0 Å². The number of aliphatic hydroxyl groups is 1. The summed E-state index contributed by atoms with van der Waals surface area (Å²) in [5.74, 6) is 1.14. The van der Waals surface area contributed by atoms with Crippen LogP contribution in [-0.4, -0.2) is 42.5 Å². The van der Waals surface area contributed by atoms with Crippen molar-refractivity contribution in [2.75, 3.05) is 13.2 Å². The van der Waals surface area contributed by atoms with Gasteiger partial charge in [-0.3, -0.25) is 10.1 Å². The third kappa shape index (κ3) is 8.31. The molecule has 0 aromatic heterocycles. The summed E-state index contributed by atoms with van der Waals surface area (Å²) in [4.78, 5) is 12.2. The van der Waals surface area contributed by atoms with Crippen LogP contribution in [0.4, 0.5) is 0 Å². The Kier molecular flexibility index (Phi) is 9.52. The minimum atomic E-state index is -0.762. The molecule has 1 fully saturated rings. The van der Waals surface area contributed by atoms with Crippen molar-refractivity contribution in [3.8, 4) is 11.5 Å². The average Bonchev–Trinajstić information content (AvgIpc) is 2.75. The van der Waals surface area contributed by atoms with Gasteiger partial charge in [0.1, 0.15) is 24.3 Å². The van der Waals surface area contributed by atoms with E-state index in [1.807, 2.05) is 0 Å². The Morgan fingerprint density at radius 2 is 1.68 bits per heavy atom. The minimum absolute atomic E-state index is 0.0311. The zero-order valence-corrected chi connectivity index (χ0v) is 20.5. The molecule has 0 aliphatic heterocycles. The molecule has 6 nitrogen and oxygen atoms in total. The van der Waals surface area contributed by atoms with E-state index in [4.69, 9.17) is 32.7 Å². The zero-order valence-electron chi connectivity index (χ0n) is 16.8. The van der Waals surface area contributed by atoms with Crippen LogP contribution in [0.25, 0.3) is 0 Å². The highest BCUT2D eigenvalue weighted by Crippen LogP contribution is 2.23. The molecule has 0 saturated heterocycles. The van der Waals surface area contributed by atoms with Gasteiger partial charge < -0.3 is 19.9 Å². The molecule has 1 atom stereocenters. The van der Waals surface area contributed by atoms with Crippen LogP contribution in [-0.2, 0) is 4.79 Å². The number of rotatable bonds is 9. The molecule has 0 spiro atoms. The van der Waals surface area contributed by atoms with Crippen LogP contribution >= 0.6 is 45.8 Å². The van der Waals surface area contributed by atoms with Gasteiger partial charge in [0.25, 0.3) is 5.91 Å². The Labute approximate surface area is 205 Å². The van der Waals surface area contributed by atoms with E-state index in [1.165, 1.54) is 0 Å². The quantitative estimate of drug-likeness (QED) is 0.304. The van der Waals surface area contributed by atoms with Gasteiger partial charge in [0.2, 0.25) is 0 Å². The zero-order chi connectivity index (χ0) is 22.2. The predicted octanol–water partition coefficient (Wildman–Crippen LogP) is 4.39. The fourth-order valence-corrected chi connectivity index (χ4v) is 4.15. The van der Waals surface area contributed by atoms with Crippen LogP contribution in [0.2, 0.25) is 10.0 Å².